The molecule has 1 atom stereocenters. The van der Waals surface area contributed by atoms with E-state index in [0.29, 0.717) is 5.06 Å². The van der Waals surface area contributed by atoms with Crippen molar-refractivity contribution in [2.45, 2.75) is 44.8 Å². The number of hydrogen-bond donors (Lipinski definition) is 1. The summed E-state index contributed by atoms with van der Waals surface area (Å²) in [5, 5.41) is 2.72. The van der Waals surface area contributed by atoms with E-state index in [1.165, 1.54) is 12.1 Å². The number of nitrogens with one attached hydrogen (secondary N) is 1. The zero-order chi connectivity index (χ0) is 29.3. The Bertz CT molecular complexity index is 1480. The van der Waals surface area contributed by atoms with E-state index in [1.807, 2.05) is 48.5 Å². The van der Waals surface area contributed by atoms with Crippen molar-refractivity contribution in [3.05, 3.63) is 95.1 Å². The number of esters is 1. The molecule has 10 nitrogen and oxygen atoms in total. The first-order valence-electron chi connectivity index (χ1n) is 13.1. The number of ether oxygens (including phenoxy) is 2. The molecule has 2 aliphatic rings. The summed E-state index contributed by atoms with van der Waals surface area (Å²) in [5.74, 6) is -3.85. The van der Waals surface area contributed by atoms with Crippen LogP contribution in [0.2, 0.25) is 0 Å². The Hall–Kier alpha value is -4.99. The predicted molar refractivity (Wildman–Crippen MR) is 145 cm³/mol. The summed E-state index contributed by atoms with van der Waals surface area (Å²) in [6.07, 6.45) is -1.66. The van der Waals surface area contributed by atoms with Crippen LogP contribution in [0.5, 0.6) is 0 Å². The van der Waals surface area contributed by atoms with Crippen molar-refractivity contribution in [2.24, 2.45) is 0 Å². The van der Waals surface area contributed by atoms with Crippen LogP contribution < -0.4 is 5.32 Å². The second-order valence-electron chi connectivity index (χ2n) is 10.7. The second-order valence-corrected chi connectivity index (χ2v) is 10.7. The smallest absolute Gasteiger partial charge is 0.407 e. The van der Waals surface area contributed by atoms with E-state index in [9.17, 15) is 24.0 Å². The van der Waals surface area contributed by atoms with Gasteiger partial charge in [0.2, 0.25) is 0 Å². The number of fused-ring (bicyclic) bond motifs is 4. The number of amides is 3. The van der Waals surface area contributed by atoms with Gasteiger partial charge < -0.3 is 19.6 Å². The Morgan fingerprint density at radius 2 is 1.29 bits per heavy atom. The summed E-state index contributed by atoms with van der Waals surface area (Å²) in [4.78, 5) is 68.7. The lowest BCUT2D eigenvalue weighted by atomic mass is 9.98. The molecule has 5 rings (SSSR count). The summed E-state index contributed by atoms with van der Waals surface area (Å²) < 4.78 is 10.9. The molecule has 10 heteroatoms. The van der Waals surface area contributed by atoms with Gasteiger partial charge in [0.1, 0.15) is 18.2 Å². The van der Waals surface area contributed by atoms with Crippen molar-refractivity contribution in [3.8, 4) is 11.1 Å². The van der Waals surface area contributed by atoms with E-state index in [1.54, 1.807) is 32.9 Å². The van der Waals surface area contributed by atoms with Crippen molar-refractivity contribution in [3.63, 3.8) is 0 Å². The topological polar surface area (TPSA) is 128 Å². The van der Waals surface area contributed by atoms with Gasteiger partial charge in [-0.05, 0) is 55.2 Å². The van der Waals surface area contributed by atoms with Crippen molar-refractivity contribution in [1.82, 2.24) is 10.4 Å². The highest BCUT2D eigenvalue weighted by Crippen LogP contribution is 2.44. The Kier molecular flexibility index (Phi) is 7.32. The first kappa shape index (κ1) is 27.6. The maximum Gasteiger partial charge on any atom is 0.407 e. The van der Waals surface area contributed by atoms with Gasteiger partial charge in [0, 0.05) is 5.92 Å². The van der Waals surface area contributed by atoms with E-state index in [2.05, 4.69) is 5.32 Å². The molecule has 1 aliphatic heterocycles. The van der Waals surface area contributed by atoms with Gasteiger partial charge in [-0.15, -0.1) is 0 Å². The average Bonchev–Trinajstić information content (AvgIpc) is 3.38. The third-order valence-electron chi connectivity index (χ3n) is 6.65. The lowest BCUT2D eigenvalue weighted by Gasteiger charge is -2.24. The first-order chi connectivity index (χ1) is 19.5. The molecule has 0 saturated heterocycles. The summed E-state index contributed by atoms with van der Waals surface area (Å²) in [6, 6.07) is 20.2. The molecule has 0 spiro atoms. The van der Waals surface area contributed by atoms with Gasteiger partial charge in [0.25, 0.3) is 11.8 Å². The molecule has 1 aliphatic carbocycles. The molecule has 3 aromatic rings. The van der Waals surface area contributed by atoms with Gasteiger partial charge >= 0.3 is 18.0 Å². The van der Waals surface area contributed by atoms with Gasteiger partial charge in [0.15, 0.2) is 0 Å². The van der Waals surface area contributed by atoms with Crippen molar-refractivity contribution in [2.75, 3.05) is 6.61 Å². The number of benzene rings is 3. The number of hydroxylamine groups is 2. The lowest BCUT2D eigenvalue weighted by Crippen LogP contribution is -2.46. The highest BCUT2D eigenvalue weighted by molar-refractivity contribution is 6.20. The van der Waals surface area contributed by atoms with Gasteiger partial charge in [-0.3, -0.25) is 9.59 Å². The Labute approximate surface area is 236 Å². The van der Waals surface area contributed by atoms with Crippen molar-refractivity contribution < 1.29 is 38.3 Å². The maximum absolute atomic E-state index is 12.9. The van der Waals surface area contributed by atoms with E-state index in [4.69, 9.17) is 14.3 Å². The van der Waals surface area contributed by atoms with Crippen LogP contribution in [0.15, 0.2) is 72.8 Å². The molecule has 0 saturated carbocycles. The van der Waals surface area contributed by atoms with Crippen molar-refractivity contribution >= 4 is 29.8 Å². The fourth-order valence-corrected chi connectivity index (χ4v) is 4.90. The molecule has 3 aromatic carbocycles. The zero-order valence-corrected chi connectivity index (χ0v) is 22.7. The third kappa shape index (κ3) is 5.67. The van der Waals surface area contributed by atoms with Crippen LogP contribution in [0.1, 0.15) is 65.0 Å². The number of hydrogen-bond acceptors (Lipinski definition) is 8. The number of imide groups is 1. The normalized spacial score (nSPS) is 14.6. The summed E-state index contributed by atoms with van der Waals surface area (Å²) in [6.45, 7) is 4.88. The molecule has 0 unspecified atom stereocenters. The number of alkyl carbamates (subject to hydrolysis) is 1. The van der Waals surface area contributed by atoms with Crippen LogP contribution in [-0.4, -0.2) is 53.2 Å². The Morgan fingerprint density at radius 1 is 0.805 bits per heavy atom. The monoisotopic (exact) mass is 556 g/mol. The molecular formula is C31H28N2O8. The van der Waals surface area contributed by atoms with E-state index in [-0.39, 0.29) is 23.7 Å². The zero-order valence-electron chi connectivity index (χ0n) is 22.7. The van der Waals surface area contributed by atoms with Crippen LogP contribution >= 0.6 is 0 Å². The molecule has 1 N–H and O–H groups in total. The van der Waals surface area contributed by atoms with Crippen LogP contribution in [-0.2, 0) is 23.9 Å². The highest BCUT2D eigenvalue weighted by atomic mass is 16.7. The fourth-order valence-electron chi connectivity index (χ4n) is 4.90. The summed E-state index contributed by atoms with van der Waals surface area (Å²) in [7, 11) is 0. The molecule has 41 heavy (non-hydrogen) atoms. The number of rotatable bonds is 7. The average molecular weight is 557 g/mol. The quantitative estimate of drug-likeness (QED) is 0.335. The molecule has 210 valence electrons. The SMILES string of the molecule is CC(C)(C)OC(=O)[C@H](CC(=O)ON1C(=O)c2ccccc2C1=O)NC(=O)OCC1c2ccccc2-c2ccccc21. The van der Waals surface area contributed by atoms with Crippen LogP contribution in [0.4, 0.5) is 4.79 Å². The summed E-state index contributed by atoms with van der Waals surface area (Å²) >= 11 is 0. The molecule has 3 amide bonds. The number of carbonyl (C=O) groups is 5. The van der Waals surface area contributed by atoms with Gasteiger partial charge in [-0.2, -0.15) is 0 Å². The summed E-state index contributed by atoms with van der Waals surface area (Å²) in [5.41, 5.74) is 3.38. The fraction of sp³-hybridized carbons (Fsp3) is 0.258. The van der Waals surface area contributed by atoms with E-state index in [0.717, 1.165) is 22.3 Å². The largest absolute Gasteiger partial charge is 0.458 e. The van der Waals surface area contributed by atoms with Gasteiger partial charge in [-0.25, -0.2) is 14.4 Å². The first-order valence-corrected chi connectivity index (χ1v) is 13.1. The highest BCUT2D eigenvalue weighted by Gasteiger charge is 2.40. The standard InChI is InChI=1S/C31H28N2O8/c1-31(2,3)40-29(37)25(16-26(34)41-33-27(35)22-14-8-9-15-23(22)28(33)36)32-30(38)39-17-24-20-12-6-4-10-18(20)19-11-5-7-13-21(19)24/h4-15,24-25H,16-17H2,1-3H3,(H,32,38)/t25-/m0/s1. The Morgan fingerprint density at radius 3 is 1.80 bits per heavy atom. The van der Waals surface area contributed by atoms with E-state index >= 15 is 0 Å². The van der Waals surface area contributed by atoms with Crippen LogP contribution in [0.3, 0.4) is 0 Å². The van der Waals surface area contributed by atoms with Crippen LogP contribution in [0.25, 0.3) is 11.1 Å². The number of nitrogens with zero attached hydrogens (tertiary/aromatic N) is 1. The lowest BCUT2D eigenvalue weighted by molar-refractivity contribution is -0.172. The van der Waals surface area contributed by atoms with Gasteiger partial charge in [-0.1, -0.05) is 65.7 Å². The minimum absolute atomic E-state index is 0.0135. The molecule has 0 radical (unpaired) electrons. The third-order valence-corrected chi connectivity index (χ3v) is 6.65. The van der Waals surface area contributed by atoms with Gasteiger partial charge in [0.05, 0.1) is 17.5 Å². The van der Waals surface area contributed by atoms with Crippen molar-refractivity contribution in [1.29, 1.82) is 0 Å². The molecule has 0 bridgehead atoms. The molecular weight excluding hydrogens is 528 g/mol. The Balaban J connectivity index is 1.26. The second kappa shape index (κ2) is 10.9. The number of carbonyl (C=O) groups excluding carboxylic acids is 5. The minimum Gasteiger partial charge on any atom is -0.458 e. The predicted octanol–water partition coefficient (Wildman–Crippen LogP) is 4.38. The van der Waals surface area contributed by atoms with E-state index < -0.39 is 47.9 Å². The maximum atomic E-state index is 12.9. The molecule has 0 fully saturated rings. The van der Waals surface area contributed by atoms with Crippen LogP contribution in [0, 0.1) is 0 Å². The molecule has 0 aromatic heterocycles. The molecule has 1 heterocycles. The minimum atomic E-state index is -1.51.